The first-order valence-electron chi connectivity index (χ1n) is 5.46. The van der Waals surface area contributed by atoms with Gasteiger partial charge in [0.2, 0.25) is 5.95 Å². The molecule has 1 aromatic carbocycles. The Kier molecular flexibility index (Phi) is 2.97. The lowest BCUT2D eigenvalue weighted by molar-refractivity contribution is 1.17. The maximum Gasteiger partial charge on any atom is 0.227 e. The van der Waals surface area contributed by atoms with Gasteiger partial charge in [0, 0.05) is 18.1 Å². The van der Waals surface area contributed by atoms with Gasteiger partial charge in [-0.25, -0.2) is 9.97 Å². The van der Waals surface area contributed by atoms with E-state index in [1.165, 1.54) is 0 Å². The number of rotatable bonds is 3. The van der Waals surface area contributed by atoms with Crippen molar-refractivity contribution in [3.8, 4) is 10.6 Å². The molecule has 3 rings (SSSR count). The molecule has 0 aliphatic carbocycles. The van der Waals surface area contributed by atoms with Gasteiger partial charge in [-0.1, -0.05) is 18.2 Å². The summed E-state index contributed by atoms with van der Waals surface area (Å²) in [5, 5.41) is 3.17. The lowest BCUT2D eigenvalue weighted by atomic mass is 10.3. The van der Waals surface area contributed by atoms with Crippen molar-refractivity contribution in [2.24, 2.45) is 0 Å². The van der Waals surface area contributed by atoms with Crippen LogP contribution in [0.2, 0.25) is 0 Å². The third kappa shape index (κ3) is 2.36. The van der Waals surface area contributed by atoms with Crippen LogP contribution in [0.1, 0.15) is 0 Å². The van der Waals surface area contributed by atoms with Crippen LogP contribution in [0.5, 0.6) is 0 Å². The Balaban J connectivity index is 1.88. The quantitative estimate of drug-likeness (QED) is 0.778. The monoisotopic (exact) mass is 254 g/mol. The number of nitrogens with zero attached hydrogens (tertiary/aromatic N) is 3. The zero-order valence-corrected chi connectivity index (χ0v) is 10.3. The van der Waals surface area contributed by atoms with Crippen LogP contribution in [0.25, 0.3) is 10.6 Å². The van der Waals surface area contributed by atoms with E-state index < -0.39 is 0 Å². The first-order valence-corrected chi connectivity index (χ1v) is 6.34. The van der Waals surface area contributed by atoms with Crippen LogP contribution in [-0.4, -0.2) is 15.0 Å². The SMILES string of the molecule is c1ccc(Nc2nccc(-c3cncs3)n2)cc1. The number of anilines is 2. The maximum absolute atomic E-state index is 4.46. The molecule has 0 aliphatic rings. The number of hydrogen-bond donors (Lipinski definition) is 1. The fraction of sp³-hybridized carbons (Fsp3) is 0. The predicted octanol–water partition coefficient (Wildman–Crippen LogP) is 3.34. The average Bonchev–Trinajstić information content (AvgIpc) is 2.94. The van der Waals surface area contributed by atoms with Gasteiger partial charge in [0.25, 0.3) is 0 Å². The smallest absolute Gasteiger partial charge is 0.227 e. The molecule has 3 aromatic rings. The maximum atomic E-state index is 4.46. The highest BCUT2D eigenvalue weighted by Gasteiger charge is 2.03. The summed E-state index contributed by atoms with van der Waals surface area (Å²) >= 11 is 1.56. The van der Waals surface area contributed by atoms with Crippen molar-refractivity contribution in [2.45, 2.75) is 0 Å². The highest BCUT2D eigenvalue weighted by atomic mass is 32.1. The molecule has 0 spiro atoms. The first kappa shape index (κ1) is 10.9. The molecule has 1 N–H and O–H groups in total. The van der Waals surface area contributed by atoms with Crippen LogP contribution >= 0.6 is 11.3 Å². The summed E-state index contributed by atoms with van der Waals surface area (Å²) in [4.78, 5) is 13.8. The summed E-state index contributed by atoms with van der Waals surface area (Å²) in [6.07, 6.45) is 3.55. The van der Waals surface area contributed by atoms with E-state index >= 15 is 0 Å². The van der Waals surface area contributed by atoms with E-state index in [2.05, 4.69) is 20.3 Å². The molecular weight excluding hydrogens is 244 g/mol. The summed E-state index contributed by atoms with van der Waals surface area (Å²) in [5.74, 6) is 0.590. The van der Waals surface area contributed by atoms with E-state index in [1.54, 1.807) is 29.2 Å². The average molecular weight is 254 g/mol. The largest absolute Gasteiger partial charge is 0.324 e. The highest BCUT2D eigenvalue weighted by molar-refractivity contribution is 7.13. The van der Waals surface area contributed by atoms with Crippen LogP contribution in [-0.2, 0) is 0 Å². The molecular formula is C13H10N4S. The second-order valence-electron chi connectivity index (χ2n) is 3.62. The van der Waals surface area contributed by atoms with E-state index in [-0.39, 0.29) is 0 Å². The van der Waals surface area contributed by atoms with Crippen LogP contribution in [0, 0.1) is 0 Å². The Bertz CT molecular complexity index is 623. The van der Waals surface area contributed by atoms with Gasteiger partial charge in [0.05, 0.1) is 16.1 Å². The molecule has 88 valence electrons. The summed E-state index contributed by atoms with van der Waals surface area (Å²) < 4.78 is 0. The number of aromatic nitrogens is 3. The Morgan fingerprint density at radius 2 is 1.94 bits per heavy atom. The Morgan fingerprint density at radius 3 is 2.72 bits per heavy atom. The van der Waals surface area contributed by atoms with Gasteiger partial charge >= 0.3 is 0 Å². The molecule has 2 heterocycles. The van der Waals surface area contributed by atoms with E-state index in [4.69, 9.17) is 0 Å². The third-order valence-corrected chi connectivity index (χ3v) is 3.17. The topological polar surface area (TPSA) is 50.7 Å². The van der Waals surface area contributed by atoms with Crippen molar-refractivity contribution in [3.63, 3.8) is 0 Å². The van der Waals surface area contributed by atoms with E-state index in [0.717, 1.165) is 16.3 Å². The normalized spacial score (nSPS) is 10.2. The molecule has 0 unspecified atom stereocenters. The molecule has 0 saturated carbocycles. The molecule has 0 fully saturated rings. The van der Waals surface area contributed by atoms with Gasteiger partial charge in [-0.3, -0.25) is 4.98 Å². The van der Waals surface area contributed by atoms with Crippen molar-refractivity contribution >= 4 is 23.0 Å². The zero-order chi connectivity index (χ0) is 12.2. The van der Waals surface area contributed by atoms with E-state index in [9.17, 15) is 0 Å². The van der Waals surface area contributed by atoms with Crippen molar-refractivity contribution in [1.29, 1.82) is 0 Å². The lowest BCUT2D eigenvalue weighted by Crippen LogP contribution is -1.96. The molecule has 18 heavy (non-hydrogen) atoms. The van der Waals surface area contributed by atoms with Gasteiger partial charge in [0.1, 0.15) is 0 Å². The number of para-hydroxylation sites is 1. The van der Waals surface area contributed by atoms with Gasteiger partial charge in [-0.05, 0) is 18.2 Å². The van der Waals surface area contributed by atoms with Crippen LogP contribution < -0.4 is 5.32 Å². The summed E-state index contributed by atoms with van der Waals surface area (Å²) in [7, 11) is 0. The van der Waals surface area contributed by atoms with Gasteiger partial charge in [-0.2, -0.15) is 0 Å². The Morgan fingerprint density at radius 1 is 1.06 bits per heavy atom. The Hall–Kier alpha value is -2.27. The predicted molar refractivity (Wildman–Crippen MR) is 72.9 cm³/mol. The summed E-state index contributed by atoms with van der Waals surface area (Å²) in [6, 6.07) is 11.7. The van der Waals surface area contributed by atoms with Gasteiger partial charge in [0.15, 0.2) is 0 Å². The minimum absolute atomic E-state index is 0.590. The second-order valence-corrected chi connectivity index (χ2v) is 4.51. The molecule has 0 saturated heterocycles. The van der Waals surface area contributed by atoms with Crippen LogP contribution in [0.3, 0.4) is 0 Å². The molecule has 4 nitrogen and oxygen atoms in total. The molecule has 0 bridgehead atoms. The van der Waals surface area contributed by atoms with Crippen molar-refractivity contribution in [2.75, 3.05) is 5.32 Å². The molecule has 0 atom stereocenters. The molecule has 0 radical (unpaired) electrons. The summed E-state index contributed by atoms with van der Waals surface area (Å²) in [5.41, 5.74) is 3.65. The van der Waals surface area contributed by atoms with Crippen molar-refractivity contribution in [1.82, 2.24) is 15.0 Å². The standard InChI is InChI=1S/C13H10N4S/c1-2-4-10(5-3-1)16-13-15-7-6-11(17-13)12-8-14-9-18-12/h1-9H,(H,15,16,17). The van der Waals surface area contributed by atoms with Crippen LogP contribution in [0.4, 0.5) is 11.6 Å². The number of hydrogen-bond acceptors (Lipinski definition) is 5. The van der Waals surface area contributed by atoms with E-state index in [0.29, 0.717) is 5.95 Å². The number of benzene rings is 1. The minimum atomic E-state index is 0.590. The fourth-order valence-corrected chi connectivity index (χ4v) is 2.14. The summed E-state index contributed by atoms with van der Waals surface area (Å²) in [6.45, 7) is 0. The van der Waals surface area contributed by atoms with Gasteiger partial charge < -0.3 is 5.32 Å². The third-order valence-electron chi connectivity index (χ3n) is 2.37. The van der Waals surface area contributed by atoms with Crippen LogP contribution in [0.15, 0.2) is 54.3 Å². The number of thiazole rings is 1. The molecule has 0 amide bonds. The number of nitrogens with one attached hydrogen (secondary N) is 1. The minimum Gasteiger partial charge on any atom is -0.324 e. The van der Waals surface area contributed by atoms with E-state index in [1.807, 2.05) is 36.4 Å². The second kappa shape index (κ2) is 4.93. The zero-order valence-electron chi connectivity index (χ0n) is 9.45. The van der Waals surface area contributed by atoms with Crippen molar-refractivity contribution in [3.05, 3.63) is 54.3 Å². The molecule has 2 aromatic heterocycles. The van der Waals surface area contributed by atoms with Gasteiger partial charge in [-0.15, -0.1) is 11.3 Å². The highest BCUT2D eigenvalue weighted by Crippen LogP contribution is 2.22. The first-order chi connectivity index (χ1) is 8.92. The van der Waals surface area contributed by atoms with Crippen molar-refractivity contribution < 1.29 is 0 Å². The molecule has 5 heteroatoms. The lowest BCUT2D eigenvalue weighted by Gasteiger charge is -2.04. The molecule has 0 aliphatic heterocycles. The fourth-order valence-electron chi connectivity index (χ4n) is 1.55. The Labute approximate surface area is 108 Å².